The van der Waals surface area contributed by atoms with Crippen molar-refractivity contribution in [1.29, 1.82) is 0 Å². The van der Waals surface area contributed by atoms with E-state index in [-0.39, 0.29) is 17.8 Å². The molecule has 0 radical (unpaired) electrons. The molecule has 3 heteroatoms. The first kappa shape index (κ1) is 12.1. The van der Waals surface area contributed by atoms with Crippen molar-refractivity contribution in [3.63, 3.8) is 0 Å². The first-order chi connectivity index (χ1) is 6.86. The lowest BCUT2D eigenvalue weighted by molar-refractivity contribution is -0.128. The van der Waals surface area contributed by atoms with Gasteiger partial charge in [-0.15, -0.1) is 0 Å². The van der Waals surface area contributed by atoms with E-state index in [4.69, 9.17) is 4.74 Å². The average Bonchev–Trinajstić information content (AvgIpc) is 2.13. The largest absolute Gasteiger partial charge is 0.474 e. The zero-order chi connectivity index (χ0) is 11.7. The third kappa shape index (κ3) is 2.16. The van der Waals surface area contributed by atoms with E-state index in [9.17, 15) is 4.79 Å². The molecule has 0 amide bonds. The number of Topliss-reactive ketones (excluding diaryl/α,β-unsaturated/α-hetero) is 1. The highest BCUT2D eigenvalue weighted by atomic mass is 16.5. The molecule has 0 N–H and O–H groups in total. The second-order valence-electron chi connectivity index (χ2n) is 4.80. The molecule has 0 saturated heterocycles. The topological polar surface area (TPSA) is 29.5 Å². The Labute approximate surface area is 92.1 Å². The van der Waals surface area contributed by atoms with Gasteiger partial charge >= 0.3 is 0 Å². The van der Waals surface area contributed by atoms with Crippen molar-refractivity contribution in [3.05, 3.63) is 11.5 Å². The molecule has 1 heterocycles. The number of rotatable bonds is 2. The Morgan fingerprint density at radius 2 is 1.87 bits per heavy atom. The molecule has 0 aromatic carbocycles. The van der Waals surface area contributed by atoms with Gasteiger partial charge in [-0.2, -0.15) is 0 Å². The molecule has 0 aromatic heterocycles. The molecule has 0 spiro atoms. The third-order valence-electron chi connectivity index (χ3n) is 2.91. The zero-order valence-electron chi connectivity index (χ0n) is 10.5. The highest BCUT2D eigenvalue weighted by molar-refractivity contribution is 5.97. The van der Waals surface area contributed by atoms with E-state index in [1.165, 1.54) is 0 Å². The van der Waals surface area contributed by atoms with Gasteiger partial charge in [0.2, 0.25) is 0 Å². The molecule has 0 bridgehead atoms. The predicted octanol–water partition coefficient (Wildman–Crippen LogP) is 2.04. The van der Waals surface area contributed by atoms with Gasteiger partial charge in [-0.3, -0.25) is 4.79 Å². The van der Waals surface area contributed by atoms with E-state index in [2.05, 4.69) is 13.8 Å². The molecule has 86 valence electrons. The summed E-state index contributed by atoms with van der Waals surface area (Å²) in [7, 11) is 3.80. The van der Waals surface area contributed by atoms with Crippen LogP contribution >= 0.6 is 0 Å². The predicted molar refractivity (Wildman–Crippen MR) is 60.3 cm³/mol. The fraction of sp³-hybridized carbons (Fsp3) is 0.750. The summed E-state index contributed by atoms with van der Waals surface area (Å²) in [5.41, 5.74) is 0.740. The van der Waals surface area contributed by atoms with E-state index in [0.717, 1.165) is 11.5 Å². The zero-order valence-corrected chi connectivity index (χ0v) is 10.5. The van der Waals surface area contributed by atoms with Gasteiger partial charge < -0.3 is 9.64 Å². The molecule has 2 atom stereocenters. The normalized spacial score (nSPS) is 27.0. The van der Waals surface area contributed by atoms with Crippen LogP contribution in [0.15, 0.2) is 11.5 Å². The summed E-state index contributed by atoms with van der Waals surface area (Å²) in [6, 6.07) is 0. The molecule has 1 aliphatic heterocycles. The fourth-order valence-electron chi connectivity index (χ4n) is 2.07. The Bertz CT molecular complexity index is 292. The highest BCUT2D eigenvalue weighted by Crippen LogP contribution is 2.30. The Kier molecular flexibility index (Phi) is 3.42. The molecule has 15 heavy (non-hydrogen) atoms. The quantitative estimate of drug-likeness (QED) is 0.700. The molecular weight excluding hydrogens is 190 g/mol. The van der Waals surface area contributed by atoms with Gasteiger partial charge in [-0.25, -0.2) is 0 Å². The number of nitrogens with zero attached hydrogens (tertiary/aromatic N) is 1. The van der Waals surface area contributed by atoms with E-state index in [1.54, 1.807) is 0 Å². The third-order valence-corrected chi connectivity index (χ3v) is 2.91. The van der Waals surface area contributed by atoms with Crippen molar-refractivity contribution in [2.75, 3.05) is 14.1 Å². The van der Waals surface area contributed by atoms with E-state index in [1.807, 2.05) is 32.8 Å². The van der Waals surface area contributed by atoms with Gasteiger partial charge in [0.25, 0.3) is 0 Å². The minimum absolute atomic E-state index is 0.00130. The number of carbonyl (C=O) groups is 1. The summed E-state index contributed by atoms with van der Waals surface area (Å²) < 4.78 is 5.89. The molecule has 0 unspecified atom stereocenters. The van der Waals surface area contributed by atoms with Gasteiger partial charge in [0.15, 0.2) is 11.7 Å². The van der Waals surface area contributed by atoms with Crippen LogP contribution in [0.5, 0.6) is 0 Å². The number of hydrogen-bond acceptors (Lipinski definition) is 3. The smallest absolute Gasteiger partial charge is 0.195 e. The SMILES string of the molecule is CC1=C(N(C)C)O[C@H](C(C)C)[C@H](C)C1=O. The van der Waals surface area contributed by atoms with Crippen LogP contribution in [0.4, 0.5) is 0 Å². The van der Waals surface area contributed by atoms with Gasteiger partial charge in [-0.05, 0) is 12.8 Å². The van der Waals surface area contributed by atoms with E-state index in [0.29, 0.717) is 5.92 Å². The maximum atomic E-state index is 12.0. The molecule has 0 fully saturated rings. The molecule has 0 aliphatic carbocycles. The maximum Gasteiger partial charge on any atom is 0.195 e. The van der Waals surface area contributed by atoms with Crippen LogP contribution < -0.4 is 0 Å². The van der Waals surface area contributed by atoms with Crippen molar-refractivity contribution in [1.82, 2.24) is 4.90 Å². The molecule has 3 nitrogen and oxygen atoms in total. The number of carbonyl (C=O) groups excluding carboxylic acids is 1. The highest BCUT2D eigenvalue weighted by Gasteiger charge is 2.36. The first-order valence-electron chi connectivity index (χ1n) is 5.45. The number of allylic oxidation sites excluding steroid dienone is 1. The fourth-order valence-corrected chi connectivity index (χ4v) is 2.07. The van der Waals surface area contributed by atoms with Crippen LogP contribution in [-0.2, 0) is 9.53 Å². The Balaban J connectivity index is 3.04. The van der Waals surface area contributed by atoms with E-state index >= 15 is 0 Å². The summed E-state index contributed by atoms with van der Waals surface area (Å²) >= 11 is 0. The Morgan fingerprint density at radius 1 is 1.33 bits per heavy atom. The van der Waals surface area contributed by atoms with Gasteiger partial charge in [0.05, 0.1) is 11.5 Å². The minimum atomic E-state index is -0.0336. The summed E-state index contributed by atoms with van der Waals surface area (Å²) in [5, 5.41) is 0. The van der Waals surface area contributed by atoms with Gasteiger partial charge in [0.1, 0.15) is 6.10 Å². The van der Waals surface area contributed by atoms with E-state index < -0.39 is 0 Å². The van der Waals surface area contributed by atoms with Crippen LogP contribution in [0.1, 0.15) is 27.7 Å². The summed E-state index contributed by atoms with van der Waals surface area (Å²) in [5.74, 6) is 1.25. The van der Waals surface area contributed by atoms with Crippen molar-refractivity contribution in [2.24, 2.45) is 11.8 Å². The van der Waals surface area contributed by atoms with Crippen LogP contribution in [0.2, 0.25) is 0 Å². The van der Waals surface area contributed by atoms with Crippen LogP contribution in [0.3, 0.4) is 0 Å². The molecule has 1 rings (SSSR count). The lowest BCUT2D eigenvalue weighted by Crippen LogP contribution is -2.40. The standard InChI is InChI=1S/C12H21NO2/c1-7(2)11-8(3)10(14)9(4)12(15-11)13(5)6/h7-8,11H,1-6H3/t8-,11-/m1/s1. The molecule has 0 aromatic rings. The molecular formula is C12H21NO2. The van der Waals surface area contributed by atoms with Crippen LogP contribution in [0.25, 0.3) is 0 Å². The summed E-state index contributed by atoms with van der Waals surface area (Å²) in [6.45, 7) is 7.96. The second-order valence-corrected chi connectivity index (χ2v) is 4.80. The van der Waals surface area contributed by atoms with Crippen molar-refractivity contribution in [3.8, 4) is 0 Å². The van der Waals surface area contributed by atoms with Crippen molar-refractivity contribution >= 4 is 5.78 Å². The van der Waals surface area contributed by atoms with Crippen LogP contribution in [-0.4, -0.2) is 30.9 Å². The lowest BCUT2D eigenvalue weighted by atomic mass is 9.86. The Morgan fingerprint density at radius 3 is 2.27 bits per heavy atom. The number of ketones is 1. The molecule has 1 aliphatic rings. The second kappa shape index (κ2) is 4.25. The van der Waals surface area contributed by atoms with Crippen molar-refractivity contribution in [2.45, 2.75) is 33.8 Å². The lowest BCUT2D eigenvalue weighted by Gasteiger charge is -2.36. The Hall–Kier alpha value is -0.990. The van der Waals surface area contributed by atoms with Gasteiger partial charge in [-0.1, -0.05) is 20.8 Å². The maximum absolute atomic E-state index is 12.0. The number of hydrogen-bond donors (Lipinski definition) is 0. The van der Waals surface area contributed by atoms with Gasteiger partial charge in [0, 0.05) is 14.1 Å². The monoisotopic (exact) mass is 211 g/mol. The van der Waals surface area contributed by atoms with Crippen LogP contribution in [0, 0.1) is 11.8 Å². The first-order valence-corrected chi connectivity index (χ1v) is 5.45. The minimum Gasteiger partial charge on any atom is -0.474 e. The summed E-state index contributed by atoms with van der Waals surface area (Å²) in [6.07, 6.45) is -0.00130. The molecule has 0 saturated carbocycles. The van der Waals surface area contributed by atoms with Crippen molar-refractivity contribution < 1.29 is 9.53 Å². The average molecular weight is 211 g/mol. The summed E-state index contributed by atoms with van der Waals surface area (Å²) in [4.78, 5) is 13.9. The number of ether oxygens (including phenoxy) is 1.